The molecule has 1 fully saturated rings. The molecule has 10 nitrogen and oxygen atoms in total. The Morgan fingerprint density at radius 1 is 1.14 bits per heavy atom. The second kappa shape index (κ2) is 12.7. The Kier molecular flexibility index (Phi) is 8.41. The Balaban J connectivity index is 1.28. The first-order valence-corrected chi connectivity index (χ1v) is 15.9. The molecular weight excluding hydrogens is 637 g/mol. The van der Waals surface area contributed by atoms with Crippen LogP contribution in [0.2, 0.25) is 0 Å². The van der Waals surface area contributed by atoms with Crippen LogP contribution in [0.15, 0.2) is 54.7 Å². The fourth-order valence-corrected chi connectivity index (χ4v) is 6.90. The summed E-state index contributed by atoms with van der Waals surface area (Å²) in [5, 5.41) is 5.09. The molecule has 2 aliphatic heterocycles. The number of ether oxygens (including phenoxy) is 2. The molecule has 0 bridgehead atoms. The summed E-state index contributed by atoms with van der Waals surface area (Å²) in [5.41, 5.74) is 5.17. The Labute approximate surface area is 280 Å². The molecule has 7 rings (SSSR count). The van der Waals surface area contributed by atoms with Crippen molar-refractivity contribution in [3.8, 4) is 16.9 Å². The number of nitrogens with one attached hydrogen (secondary N) is 2. The van der Waals surface area contributed by atoms with Crippen molar-refractivity contribution in [3.05, 3.63) is 89.0 Å². The van der Waals surface area contributed by atoms with Gasteiger partial charge in [0.25, 0.3) is 0 Å². The van der Waals surface area contributed by atoms with Gasteiger partial charge in [-0.05, 0) is 42.7 Å². The van der Waals surface area contributed by atoms with E-state index in [4.69, 9.17) is 14.5 Å². The van der Waals surface area contributed by atoms with Gasteiger partial charge in [-0.25, -0.2) is 18.2 Å². The van der Waals surface area contributed by atoms with Crippen molar-refractivity contribution in [1.29, 1.82) is 0 Å². The number of nitrogens with zero attached hydrogens (tertiary/aromatic N) is 4. The second-order valence-electron chi connectivity index (χ2n) is 12.4. The molecule has 0 saturated carbocycles. The third-order valence-corrected chi connectivity index (χ3v) is 9.31. The lowest BCUT2D eigenvalue weighted by Crippen LogP contribution is -2.23. The zero-order chi connectivity index (χ0) is 34.6. The molecule has 1 saturated heterocycles. The third-order valence-electron chi connectivity index (χ3n) is 9.31. The number of amides is 1. The van der Waals surface area contributed by atoms with E-state index < -0.39 is 35.2 Å². The lowest BCUT2D eigenvalue weighted by molar-refractivity contribution is -0.112. The van der Waals surface area contributed by atoms with Gasteiger partial charge in [-0.15, -0.1) is 0 Å². The summed E-state index contributed by atoms with van der Waals surface area (Å²) in [7, 11) is 7.16. The molecule has 13 heteroatoms. The number of methoxy groups -OCH3 is 2. The van der Waals surface area contributed by atoms with E-state index in [1.165, 1.54) is 6.08 Å². The van der Waals surface area contributed by atoms with Crippen LogP contribution in [0, 0.1) is 11.6 Å². The Hall–Kier alpha value is -5.14. The van der Waals surface area contributed by atoms with Crippen molar-refractivity contribution in [2.75, 3.05) is 44.6 Å². The van der Waals surface area contributed by atoms with Crippen molar-refractivity contribution < 1.29 is 32.2 Å². The average molecular weight is 673 g/mol. The zero-order valence-electron chi connectivity index (χ0n) is 27.4. The molecule has 5 aromatic rings. The number of hydrogen-bond donors (Lipinski definition) is 2. The quantitative estimate of drug-likeness (QED) is 0.170. The number of imidazole rings is 1. The molecule has 0 unspecified atom stereocenters. The van der Waals surface area contributed by atoms with E-state index in [2.05, 4.69) is 15.5 Å². The van der Waals surface area contributed by atoms with Crippen LogP contribution in [0.25, 0.3) is 27.7 Å². The number of likely N-dealkylation sites (N-methyl/N-ethyl adjacent to an activating group) is 1. The van der Waals surface area contributed by atoms with Crippen LogP contribution in [0.4, 0.5) is 24.5 Å². The van der Waals surface area contributed by atoms with Gasteiger partial charge in [0, 0.05) is 69.8 Å². The highest BCUT2D eigenvalue weighted by molar-refractivity contribution is 6.11. The van der Waals surface area contributed by atoms with Crippen molar-refractivity contribution in [1.82, 2.24) is 19.3 Å². The summed E-state index contributed by atoms with van der Waals surface area (Å²) in [6.45, 7) is 1.10. The van der Waals surface area contributed by atoms with Crippen LogP contribution in [-0.2, 0) is 29.6 Å². The first-order valence-electron chi connectivity index (χ1n) is 15.9. The minimum atomic E-state index is -1.10. The van der Waals surface area contributed by atoms with Crippen LogP contribution in [0.1, 0.15) is 33.9 Å². The molecular formula is C36H35F3N6O4. The summed E-state index contributed by atoms with van der Waals surface area (Å²) in [4.78, 5) is 33.4. The highest BCUT2D eigenvalue weighted by Gasteiger charge is 2.29. The van der Waals surface area contributed by atoms with Gasteiger partial charge in [0.1, 0.15) is 47.2 Å². The summed E-state index contributed by atoms with van der Waals surface area (Å²) in [5.74, 6) is -2.18. The SMILES string of the molecule is COCc1nc2c3c(c(OC)cc2n1C)-c1cccn2c(C(=O)c4cc(F)c(NC(=O)/C=C/[C@@H]5C[C@@H](F)CN5)c(F)c4)cc(c12)CCN3C. The number of hydrogen-bond acceptors (Lipinski definition) is 7. The maximum atomic E-state index is 15.3. The Morgan fingerprint density at radius 2 is 1.92 bits per heavy atom. The van der Waals surface area contributed by atoms with E-state index in [0.29, 0.717) is 25.3 Å². The predicted octanol–water partition coefficient (Wildman–Crippen LogP) is 5.34. The van der Waals surface area contributed by atoms with Gasteiger partial charge in [0.2, 0.25) is 11.7 Å². The molecule has 49 heavy (non-hydrogen) atoms. The Bertz CT molecular complexity index is 2150. The van der Waals surface area contributed by atoms with Crippen molar-refractivity contribution in [3.63, 3.8) is 0 Å². The fraction of sp³-hybridized carbons (Fsp3) is 0.306. The highest BCUT2D eigenvalue weighted by atomic mass is 19.1. The largest absolute Gasteiger partial charge is 0.496 e. The van der Waals surface area contributed by atoms with Crippen LogP contribution >= 0.6 is 0 Å². The maximum Gasteiger partial charge on any atom is 0.248 e. The summed E-state index contributed by atoms with van der Waals surface area (Å²) < 4.78 is 59.0. The molecule has 2 N–H and O–H groups in total. The van der Waals surface area contributed by atoms with Gasteiger partial charge < -0.3 is 34.0 Å². The second-order valence-corrected chi connectivity index (χ2v) is 12.4. The smallest absolute Gasteiger partial charge is 0.248 e. The normalized spacial score (nSPS) is 17.5. The number of alkyl halides is 1. The monoisotopic (exact) mass is 672 g/mol. The minimum absolute atomic E-state index is 0.179. The van der Waals surface area contributed by atoms with Crippen molar-refractivity contribution in [2.24, 2.45) is 7.05 Å². The topological polar surface area (TPSA) is 102 Å². The maximum absolute atomic E-state index is 15.3. The summed E-state index contributed by atoms with van der Waals surface area (Å²) >= 11 is 0. The third kappa shape index (κ3) is 5.62. The molecule has 2 atom stereocenters. The van der Waals surface area contributed by atoms with Gasteiger partial charge in [-0.3, -0.25) is 9.59 Å². The first kappa shape index (κ1) is 32.4. The van der Waals surface area contributed by atoms with Crippen LogP contribution < -0.4 is 20.3 Å². The summed E-state index contributed by atoms with van der Waals surface area (Å²) in [6, 6.07) is 8.97. The lowest BCUT2D eigenvalue weighted by atomic mass is 9.96. The van der Waals surface area contributed by atoms with Crippen LogP contribution in [0.3, 0.4) is 0 Å². The molecule has 2 aromatic carbocycles. The molecule has 0 spiro atoms. The number of rotatable bonds is 8. The molecule has 0 aliphatic carbocycles. The number of carbonyl (C=O) groups is 2. The van der Waals surface area contributed by atoms with Crippen molar-refractivity contribution >= 4 is 39.6 Å². The molecule has 3 aromatic heterocycles. The number of aromatic nitrogens is 3. The van der Waals surface area contributed by atoms with Crippen molar-refractivity contribution in [2.45, 2.75) is 31.7 Å². The van der Waals surface area contributed by atoms with Gasteiger partial charge in [0.15, 0.2) is 0 Å². The number of benzene rings is 2. The van der Waals surface area contributed by atoms with Gasteiger partial charge in [-0.1, -0.05) is 12.1 Å². The molecule has 2 aliphatic rings. The van der Waals surface area contributed by atoms with E-state index in [0.717, 1.165) is 63.0 Å². The number of ketones is 1. The molecule has 0 radical (unpaired) electrons. The van der Waals surface area contributed by atoms with E-state index in [-0.39, 0.29) is 30.3 Å². The summed E-state index contributed by atoms with van der Waals surface area (Å²) in [6.07, 6.45) is 4.07. The van der Waals surface area contributed by atoms with Gasteiger partial charge in [0.05, 0.1) is 35.1 Å². The Morgan fingerprint density at radius 3 is 2.61 bits per heavy atom. The number of anilines is 2. The fourth-order valence-electron chi connectivity index (χ4n) is 6.90. The van der Waals surface area contributed by atoms with E-state index in [9.17, 15) is 14.0 Å². The standard InChI is InChI=1S/C36H35F3N6O4/c1-43-11-9-19-14-27(36(47)20-12-24(38)32(25(39)13-20)42-30(46)8-7-22-15-21(37)17-40-22)45-10-5-6-23(34(19)45)31-28(49-4)16-26-33(35(31)43)41-29(18-48-3)44(26)2/h5-8,10,12-14,16,21-22,40H,9,11,15,17-18H2,1-4H3,(H,42,46)/b8-7+/t21-,22-/m1/s1. The number of halogens is 3. The molecule has 1 amide bonds. The molecule has 5 heterocycles. The predicted molar refractivity (Wildman–Crippen MR) is 180 cm³/mol. The highest BCUT2D eigenvalue weighted by Crippen LogP contribution is 2.47. The van der Waals surface area contributed by atoms with E-state index in [1.54, 1.807) is 30.9 Å². The first-order chi connectivity index (χ1) is 23.6. The zero-order valence-corrected chi connectivity index (χ0v) is 27.4. The minimum Gasteiger partial charge on any atom is -0.496 e. The number of aryl methyl sites for hydroxylation is 1. The van der Waals surface area contributed by atoms with Gasteiger partial charge >= 0.3 is 0 Å². The van der Waals surface area contributed by atoms with E-state index >= 15 is 8.78 Å². The van der Waals surface area contributed by atoms with Crippen LogP contribution in [0.5, 0.6) is 5.75 Å². The number of fused-ring (bicyclic) bond motifs is 4. The van der Waals surface area contributed by atoms with Crippen LogP contribution in [-0.4, -0.2) is 72.2 Å². The average Bonchev–Trinajstić information content (AvgIpc) is 3.77. The lowest BCUT2D eigenvalue weighted by Gasteiger charge is -2.27. The molecule has 254 valence electrons. The number of carbonyl (C=O) groups excluding carboxylic acids is 2. The van der Waals surface area contributed by atoms with E-state index in [1.807, 2.05) is 36.9 Å². The van der Waals surface area contributed by atoms with Gasteiger partial charge in [-0.2, -0.15) is 0 Å². The number of pyridine rings is 1.